The molecule has 2 aromatic rings. The Morgan fingerprint density at radius 2 is 1.88 bits per heavy atom. The monoisotopic (exact) mass is 459 g/mol. The number of methoxy groups -OCH3 is 1. The van der Waals surface area contributed by atoms with Crippen molar-refractivity contribution in [1.29, 1.82) is 0 Å². The average Bonchev–Trinajstić information content (AvgIpc) is 3.28. The van der Waals surface area contributed by atoms with Gasteiger partial charge in [-0.25, -0.2) is 4.98 Å². The molecule has 0 bridgehead atoms. The lowest BCUT2D eigenvalue weighted by molar-refractivity contribution is 0.0699. The third kappa shape index (κ3) is 4.98. The summed E-state index contributed by atoms with van der Waals surface area (Å²) in [4.78, 5) is 18.5. The smallest absolute Gasteiger partial charge is 0.284 e. The van der Waals surface area contributed by atoms with E-state index in [2.05, 4.69) is 27.6 Å². The van der Waals surface area contributed by atoms with E-state index in [0.29, 0.717) is 24.7 Å². The highest BCUT2D eigenvalue weighted by Gasteiger charge is 2.26. The van der Waals surface area contributed by atoms with Crippen LogP contribution in [0.25, 0.3) is 0 Å². The minimum atomic E-state index is -3.80. The van der Waals surface area contributed by atoms with Gasteiger partial charge in [0.25, 0.3) is 15.9 Å². The fourth-order valence-corrected chi connectivity index (χ4v) is 5.07. The molecule has 32 heavy (non-hydrogen) atoms. The minimum Gasteiger partial charge on any atom is -0.377 e. The van der Waals surface area contributed by atoms with Gasteiger partial charge < -0.3 is 15.0 Å². The van der Waals surface area contributed by atoms with Crippen LogP contribution in [-0.2, 0) is 14.8 Å². The maximum atomic E-state index is 12.9. The van der Waals surface area contributed by atoms with Crippen LogP contribution in [0.4, 0.5) is 0 Å². The molecular weight excluding hydrogens is 430 g/mol. The number of hydrogen-bond acceptors (Lipinski definition) is 7. The number of nitrogens with zero attached hydrogens (tertiary/aromatic N) is 4. The molecule has 10 heteroatoms. The standard InChI is InChI=1S/C22H27N5O4S.H2/c1-31-20-5-3-2-4-19(14-20)25-18-10-12-26(13-11-18)22(28)17-6-8-21(9-7-17)32(29,30)27-16-23-15-24-27;/h2-9,15-16,18-20,25H,10-14H2,1H3;1H. The summed E-state index contributed by atoms with van der Waals surface area (Å²) in [6.45, 7) is 1.30. The van der Waals surface area contributed by atoms with E-state index in [-0.39, 0.29) is 24.4 Å². The van der Waals surface area contributed by atoms with E-state index >= 15 is 0 Å². The van der Waals surface area contributed by atoms with Gasteiger partial charge in [-0.15, -0.1) is 9.19 Å². The van der Waals surface area contributed by atoms with Crippen LogP contribution in [0.15, 0.2) is 66.1 Å². The van der Waals surface area contributed by atoms with Crippen LogP contribution in [-0.4, -0.2) is 71.8 Å². The Kier molecular flexibility index (Phi) is 6.83. The number of rotatable bonds is 6. The van der Waals surface area contributed by atoms with E-state index in [0.717, 1.165) is 36.0 Å². The number of hydrogen-bond donors (Lipinski definition) is 1. The molecule has 1 amide bonds. The van der Waals surface area contributed by atoms with Gasteiger partial charge in [-0.2, -0.15) is 8.42 Å². The van der Waals surface area contributed by atoms with Crippen LogP contribution < -0.4 is 5.32 Å². The number of piperidine rings is 1. The van der Waals surface area contributed by atoms with Crippen molar-refractivity contribution in [3.8, 4) is 0 Å². The molecule has 0 spiro atoms. The SMILES string of the molecule is COC1C=CC=CC(NC2CCN(C(=O)c3ccc(S(=O)(=O)n4cncn4)cc3)CC2)C1.[HH]. The highest BCUT2D eigenvalue weighted by molar-refractivity contribution is 7.89. The van der Waals surface area contributed by atoms with Crippen LogP contribution in [0.3, 0.4) is 0 Å². The average molecular weight is 460 g/mol. The Bertz CT molecular complexity index is 1080. The van der Waals surface area contributed by atoms with Crippen molar-refractivity contribution in [1.82, 2.24) is 24.4 Å². The van der Waals surface area contributed by atoms with Gasteiger partial charge in [0.15, 0.2) is 0 Å². The van der Waals surface area contributed by atoms with Crippen LogP contribution in [0.5, 0.6) is 0 Å². The maximum Gasteiger partial charge on any atom is 0.284 e. The minimum absolute atomic E-state index is 0. The van der Waals surface area contributed by atoms with Crippen molar-refractivity contribution in [2.45, 2.75) is 42.3 Å². The number of carbonyl (C=O) groups is 1. The van der Waals surface area contributed by atoms with Crippen molar-refractivity contribution >= 4 is 15.9 Å². The van der Waals surface area contributed by atoms with Gasteiger partial charge in [-0.3, -0.25) is 4.79 Å². The topological polar surface area (TPSA) is 106 Å². The van der Waals surface area contributed by atoms with Gasteiger partial charge in [0.05, 0.1) is 11.0 Å². The molecule has 172 valence electrons. The van der Waals surface area contributed by atoms with Gasteiger partial charge in [0.1, 0.15) is 12.7 Å². The van der Waals surface area contributed by atoms with E-state index in [1.807, 2.05) is 17.1 Å². The quantitative estimate of drug-likeness (QED) is 0.703. The Labute approximate surface area is 189 Å². The lowest BCUT2D eigenvalue weighted by atomic mass is 10.0. The van der Waals surface area contributed by atoms with Gasteiger partial charge >= 0.3 is 0 Å². The molecule has 2 unspecified atom stereocenters. The van der Waals surface area contributed by atoms with Gasteiger partial charge in [-0.1, -0.05) is 24.3 Å². The second-order valence-corrected chi connectivity index (χ2v) is 9.71. The molecule has 1 aliphatic heterocycles. The zero-order chi connectivity index (χ0) is 22.6. The summed E-state index contributed by atoms with van der Waals surface area (Å²) in [7, 11) is -2.08. The number of carbonyl (C=O) groups excluding carboxylic acids is 1. The molecule has 1 fully saturated rings. The molecule has 0 radical (unpaired) electrons. The first-order valence-corrected chi connectivity index (χ1v) is 12.0. The highest BCUT2D eigenvalue weighted by Crippen LogP contribution is 2.19. The Morgan fingerprint density at radius 3 is 2.53 bits per heavy atom. The van der Waals surface area contributed by atoms with E-state index in [9.17, 15) is 13.2 Å². The van der Waals surface area contributed by atoms with Crippen LogP contribution in [0.2, 0.25) is 0 Å². The summed E-state index contributed by atoms with van der Waals surface area (Å²) in [6, 6.07) is 6.52. The highest BCUT2D eigenvalue weighted by atomic mass is 32.2. The van der Waals surface area contributed by atoms with Crippen molar-refractivity contribution in [3.05, 3.63) is 66.8 Å². The van der Waals surface area contributed by atoms with Crippen LogP contribution >= 0.6 is 0 Å². The molecule has 1 saturated heterocycles. The molecule has 1 aromatic carbocycles. The molecule has 2 heterocycles. The van der Waals surface area contributed by atoms with E-state index < -0.39 is 10.0 Å². The second-order valence-electron chi connectivity index (χ2n) is 7.92. The molecule has 4 rings (SSSR count). The lowest BCUT2D eigenvalue weighted by Crippen LogP contribution is -2.48. The van der Waals surface area contributed by atoms with Crippen molar-refractivity contribution < 1.29 is 19.4 Å². The summed E-state index contributed by atoms with van der Waals surface area (Å²) in [6.07, 6.45) is 13.3. The largest absolute Gasteiger partial charge is 0.377 e. The first kappa shape index (κ1) is 22.4. The lowest BCUT2D eigenvalue weighted by Gasteiger charge is -2.34. The van der Waals surface area contributed by atoms with Crippen molar-refractivity contribution in [2.75, 3.05) is 20.2 Å². The molecule has 2 aliphatic rings. The third-order valence-corrected chi connectivity index (χ3v) is 7.39. The third-order valence-electron chi connectivity index (χ3n) is 5.84. The number of amides is 1. The van der Waals surface area contributed by atoms with E-state index in [1.165, 1.54) is 12.1 Å². The predicted molar refractivity (Wildman–Crippen MR) is 121 cm³/mol. The van der Waals surface area contributed by atoms with Gasteiger partial charge in [0, 0.05) is 39.3 Å². The molecule has 1 aliphatic carbocycles. The summed E-state index contributed by atoms with van der Waals surface area (Å²) in [5, 5.41) is 7.35. The predicted octanol–water partition coefficient (Wildman–Crippen LogP) is 1.86. The maximum absolute atomic E-state index is 12.9. The van der Waals surface area contributed by atoms with Crippen LogP contribution in [0.1, 0.15) is 31.0 Å². The Morgan fingerprint density at radius 1 is 1.16 bits per heavy atom. The summed E-state index contributed by atoms with van der Waals surface area (Å²) in [5.74, 6) is -0.0915. The van der Waals surface area contributed by atoms with E-state index in [1.54, 1.807) is 19.2 Å². The fraction of sp³-hybridized carbons (Fsp3) is 0.409. The Balaban J connectivity index is 0.00000306. The normalized spacial score (nSPS) is 22.1. The molecule has 2 atom stereocenters. The fourth-order valence-electron chi connectivity index (χ4n) is 4.03. The molecular formula is C22H29N5O4S. The number of nitrogens with one attached hydrogen (secondary N) is 1. The first-order chi connectivity index (χ1) is 15.5. The zero-order valence-electron chi connectivity index (χ0n) is 17.9. The molecule has 9 nitrogen and oxygen atoms in total. The molecule has 1 aromatic heterocycles. The number of benzene rings is 1. The summed E-state index contributed by atoms with van der Waals surface area (Å²) < 4.78 is 31.2. The van der Waals surface area contributed by atoms with Gasteiger partial charge in [0.2, 0.25) is 0 Å². The number of aromatic nitrogens is 3. The molecule has 1 N–H and O–H groups in total. The van der Waals surface area contributed by atoms with Crippen molar-refractivity contribution in [3.63, 3.8) is 0 Å². The number of allylic oxidation sites excluding steroid dienone is 2. The number of ether oxygens (including phenoxy) is 1. The zero-order valence-corrected chi connectivity index (χ0v) is 18.7. The van der Waals surface area contributed by atoms with E-state index in [4.69, 9.17) is 4.74 Å². The van der Waals surface area contributed by atoms with Crippen LogP contribution in [0, 0.1) is 0 Å². The first-order valence-electron chi connectivity index (χ1n) is 10.6. The summed E-state index contributed by atoms with van der Waals surface area (Å²) >= 11 is 0. The second kappa shape index (κ2) is 9.76. The Hall–Kier alpha value is -2.82. The summed E-state index contributed by atoms with van der Waals surface area (Å²) in [5.41, 5.74) is 0.467. The molecule has 0 saturated carbocycles. The number of likely N-dealkylation sites (tertiary alicyclic amines) is 1. The van der Waals surface area contributed by atoms with Crippen molar-refractivity contribution in [2.24, 2.45) is 0 Å². The van der Waals surface area contributed by atoms with Gasteiger partial charge in [-0.05, 0) is 43.5 Å².